The maximum absolute atomic E-state index is 12.2. The number of hydrogen-bond acceptors (Lipinski definition) is 3. The third-order valence-electron chi connectivity index (χ3n) is 4.43. The highest BCUT2D eigenvalue weighted by Crippen LogP contribution is 2.58. The molecular weight excluding hydrogens is 244 g/mol. The molecule has 2 rings (SSSR count). The van der Waals surface area contributed by atoms with Crippen molar-refractivity contribution in [3.63, 3.8) is 0 Å². The number of piperidine rings is 1. The van der Waals surface area contributed by atoms with Gasteiger partial charge in [0.1, 0.15) is 6.04 Å². The second-order valence-electron chi connectivity index (χ2n) is 6.40. The quantitative estimate of drug-likeness (QED) is 0.695. The van der Waals surface area contributed by atoms with Crippen molar-refractivity contribution in [3.05, 3.63) is 0 Å². The average Bonchev–Trinajstić information content (AvgIpc) is 3.02. The van der Waals surface area contributed by atoms with Crippen molar-refractivity contribution in [1.29, 1.82) is 0 Å². The average molecular weight is 268 g/mol. The summed E-state index contributed by atoms with van der Waals surface area (Å²) in [5.74, 6) is -0.700. The summed E-state index contributed by atoms with van der Waals surface area (Å²) in [6, 6.07) is -0.744. The Labute approximate surface area is 114 Å². The van der Waals surface area contributed by atoms with Crippen LogP contribution in [-0.4, -0.2) is 36.1 Å². The molecule has 1 saturated heterocycles. The highest BCUT2D eigenvalue weighted by atomic mass is 16.4. The van der Waals surface area contributed by atoms with Crippen LogP contribution in [0.25, 0.3) is 0 Å². The molecule has 108 valence electrons. The molecule has 0 radical (unpaired) electrons. The molecule has 1 saturated carbocycles. The fourth-order valence-electron chi connectivity index (χ4n) is 3.16. The van der Waals surface area contributed by atoms with Gasteiger partial charge in [-0.25, -0.2) is 4.79 Å². The number of amides is 1. The SMILES string of the molecule is CC(C)C[C@@H](NC(=O)C1CC12CCNCC2)C(=O)O. The molecule has 1 aliphatic carbocycles. The van der Waals surface area contributed by atoms with Gasteiger partial charge in [-0.05, 0) is 50.1 Å². The van der Waals surface area contributed by atoms with Gasteiger partial charge in [-0.15, -0.1) is 0 Å². The molecule has 5 heteroatoms. The first kappa shape index (κ1) is 14.3. The Morgan fingerprint density at radius 1 is 1.37 bits per heavy atom. The second-order valence-corrected chi connectivity index (χ2v) is 6.40. The molecule has 2 fully saturated rings. The van der Waals surface area contributed by atoms with E-state index in [9.17, 15) is 9.59 Å². The lowest BCUT2D eigenvalue weighted by atomic mass is 9.91. The van der Waals surface area contributed by atoms with Crippen LogP contribution in [0.4, 0.5) is 0 Å². The van der Waals surface area contributed by atoms with Crippen molar-refractivity contribution in [3.8, 4) is 0 Å². The smallest absolute Gasteiger partial charge is 0.326 e. The van der Waals surface area contributed by atoms with Gasteiger partial charge in [-0.2, -0.15) is 0 Å². The Kier molecular flexibility index (Phi) is 4.13. The number of nitrogens with one attached hydrogen (secondary N) is 2. The Hall–Kier alpha value is -1.10. The molecule has 1 aliphatic heterocycles. The molecule has 0 aromatic heterocycles. The maximum atomic E-state index is 12.2. The summed E-state index contributed by atoms with van der Waals surface area (Å²) in [6.45, 7) is 5.87. The van der Waals surface area contributed by atoms with Crippen molar-refractivity contribution in [2.24, 2.45) is 17.3 Å². The van der Waals surface area contributed by atoms with E-state index >= 15 is 0 Å². The van der Waals surface area contributed by atoms with E-state index in [1.165, 1.54) is 0 Å². The van der Waals surface area contributed by atoms with Gasteiger partial charge in [0.2, 0.25) is 5.91 Å². The van der Waals surface area contributed by atoms with Crippen LogP contribution < -0.4 is 10.6 Å². The molecule has 1 heterocycles. The topological polar surface area (TPSA) is 78.4 Å². The van der Waals surface area contributed by atoms with Crippen LogP contribution in [0.3, 0.4) is 0 Å². The van der Waals surface area contributed by atoms with Gasteiger partial charge in [0.15, 0.2) is 0 Å². The van der Waals surface area contributed by atoms with E-state index in [-0.39, 0.29) is 23.2 Å². The lowest BCUT2D eigenvalue weighted by Crippen LogP contribution is -2.43. The Balaban J connectivity index is 1.88. The van der Waals surface area contributed by atoms with Gasteiger partial charge in [-0.1, -0.05) is 13.8 Å². The van der Waals surface area contributed by atoms with Gasteiger partial charge in [-0.3, -0.25) is 4.79 Å². The predicted octanol–water partition coefficient (Wildman–Crippen LogP) is 0.992. The summed E-state index contributed by atoms with van der Waals surface area (Å²) in [7, 11) is 0. The summed E-state index contributed by atoms with van der Waals surface area (Å²) >= 11 is 0. The van der Waals surface area contributed by atoms with Gasteiger partial charge in [0.25, 0.3) is 0 Å². The Morgan fingerprint density at radius 3 is 2.53 bits per heavy atom. The maximum Gasteiger partial charge on any atom is 0.326 e. The van der Waals surface area contributed by atoms with Gasteiger partial charge in [0.05, 0.1) is 0 Å². The summed E-state index contributed by atoms with van der Waals surface area (Å²) < 4.78 is 0. The first-order chi connectivity index (χ1) is 8.94. The zero-order valence-corrected chi connectivity index (χ0v) is 11.7. The van der Waals surface area contributed by atoms with Crippen LogP contribution in [0, 0.1) is 17.3 Å². The standard InChI is InChI=1S/C14H24N2O3/c1-9(2)7-11(13(18)19)16-12(17)10-8-14(10)3-5-15-6-4-14/h9-11,15H,3-8H2,1-2H3,(H,16,17)(H,18,19)/t10?,11-/m1/s1. The first-order valence-corrected chi connectivity index (χ1v) is 7.18. The van der Waals surface area contributed by atoms with Crippen LogP contribution in [0.5, 0.6) is 0 Å². The molecule has 0 bridgehead atoms. The molecule has 19 heavy (non-hydrogen) atoms. The number of carboxylic acid groups (broad SMARTS) is 1. The molecule has 5 nitrogen and oxygen atoms in total. The zero-order chi connectivity index (χ0) is 14.0. The van der Waals surface area contributed by atoms with E-state index < -0.39 is 12.0 Å². The van der Waals surface area contributed by atoms with Crippen molar-refractivity contribution < 1.29 is 14.7 Å². The lowest BCUT2D eigenvalue weighted by Gasteiger charge is -2.24. The van der Waals surface area contributed by atoms with Crippen molar-refractivity contribution in [2.45, 2.75) is 45.6 Å². The van der Waals surface area contributed by atoms with Crippen LogP contribution >= 0.6 is 0 Å². The van der Waals surface area contributed by atoms with E-state index in [1.54, 1.807) is 0 Å². The number of aliphatic carboxylic acids is 1. The van der Waals surface area contributed by atoms with Gasteiger partial charge < -0.3 is 15.7 Å². The zero-order valence-electron chi connectivity index (χ0n) is 11.7. The third-order valence-corrected chi connectivity index (χ3v) is 4.43. The van der Waals surface area contributed by atoms with Gasteiger partial charge >= 0.3 is 5.97 Å². The summed E-state index contributed by atoms with van der Waals surface area (Å²) in [6.07, 6.45) is 3.48. The Bertz CT molecular complexity index is 362. The highest BCUT2D eigenvalue weighted by Gasteiger charge is 2.57. The summed E-state index contributed by atoms with van der Waals surface area (Å²) in [5.41, 5.74) is 0.163. The third kappa shape index (κ3) is 3.26. The minimum atomic E-state index is -0.929. The fraction of sp³-hybridized carbons (Fsp3) is 0.857. The molecule has 1 unspecified atom stereocenters. The van der Waals surface area contributed by atoms with Crippen molar-refractivity contribution in [1.82, 2.24) is 10.6 Å². The van der Waals surface area contributed by atoms with Crippen molar-refractivity contribution in [2.75, 3.05) is 13.1 Å². The van der Waals surface area contributed by atoms with E-state index in [1.807, 2.05) is 13.8 Å². The number of carbonyl (C=O) groups excluding carboxylic acids is 1. The number of rotatable bonds is 5. The molecule has 0 aromatic rings. The second kappa shape index (κ2) is 5.49. The Morgan fingerprint density at radius 2 is 2.00 bits per heavy atom. The minimum Gasteiger partial charge on any atom is -0.480 e. The largest absolute Gasteiger partial charge is 0.480 e. The van der Waals surface area contributed by atoms with Gasteiger partial charge in [0, 0.05) is 5.92 Å². The molecule has 2 atom stereocenters. The molecule has 0 aromatic carbocycles. The molecule has 2 aliphatic rings. The predicted molar refractivity (Wildman–Crippen MR) is 71.7 cm³/mol. The van der Waals surface area contributed by atoms with E-state index in [2.05, 4.69) is 10.6 Å². The molecule has 3 N–H and O–H groups in total. The fourth-order valence-corrected chi connectivity index (χ4v) is 3.16. The van der Waals surface area contributed by atoms with Crippen molar-refractivity contribution >= 4 is 11.9 Å². The van der Waals surface area contributed by atoms with Crippen LogP contribution in [0.2, 0.25) is 0 Å². The minimum absolute atomic E-state index is 0.0311. The van der Waals surface area contributed by atoms with E-state index in [0.717, 1.165) is 32.4 Å². The lowest BCUT2D eigenvalue weighted by molar-refractivity contribution is -0.142. The number of hydrogen-bond donors (Lipinski definition) is 3. The number of carbonyl (C=O) groups is 2. The highest BCUT2D eigenvalue weighted by molar-refractivity contribution is 5.87. The molecule has 1 amide bonds. The normalized spacial score (nSPS) is 26.2. The first-order valence-electron chi connectivity index (χ1n) is 7.18. The monoisotopic (exact) mass is 268 g/mol. The molecule has 1 spiro atoms. The van der Waals surface area contributed by atoms with Crippen LogP contribution in [-0.2, 0) is 9.59 Å². The summed E-state index contributed by atoms with van der Waals surface area (Å²) in [5, 5.41) is 15.2. The van der Waals surface area contributed by atoms with Crippen LogP contribution in [0.15, 0.2) is 0 Å². The van der Waals surface area contributed by atoms with Crippen LogP contribution in [0.1, 0.15) is 39.5 Å². The molecular formula is C14H24N2O3. The van der Waals surface area contributed by atoms with E-state index in [0.29, 0.717) is 6.42 Å². The van der Waals surface area contributed by atoms with E-state index in [4.69, 9.17) is 5.11 Å². The summed E-state index contributed by atoms with van der Waals surface area (Å²) in [4.78, 5) is 23.3. The number of carboxylic acids is 1.